The Morgan fingerprint density at radius 1 is 1.20 bits per heavy atom. The Labute approximate surface area is 142 Å². The fourth-order valence-corrected chi connectivity index (χ4v) is 3.36. The van der Waals surface area contributed by atoms with Crippen molar-refractivity contribution in [2.75, 3.05) is 6.54 Å². The van der Waals surface area contributed by atoms with Gasteiger partial charge in [-0.25, -0.2) is 18.4 Å². The molecule has 1 aromatic carbocycles. The summed E-state index contributed by atoms with van der Waals surface area (Å²) >= 11 is 0. The van der Waals surface area contributed by atoms with Gasteiger partial charge in [-0.15, -0.1) is 0 Å². The summed E-state index contributed by atoms with van der Waals surface area (Å²) in [5, 5.41) is 6.33. The van der Waals surface area contributed by atoms with Crippen molar-refractivity contribution >= 4 is 0 Å². The van der Waals surface area contributed by atoms with E-state index in [0.717, 1.165) is 11.8 Å². The fourth-order valence-electron chi connectivity index (χ4n) is 3.36. The number of nitrogens with one attached hydrogen (secondary N) is 2. The van der Waals surface area contributed by atoms with Crippen LogP contribution in [0.1, 0.15) is 22.7 Å². The number of hydrogen-bond donors (Lipinski definition) is 2. The molecule has 0 fully saturated rings. The molecule has 25 heavy (non-hydrogen) atoms. The van der Waals surface area contributed by atoms with Crippen LogP contribution in [0.15, 0.2) is 47.4 Å². The molecule has 2 N–H and O–H groups in total. The molecule has 7 heteroatoms. The van der Waals surface area contributed by atoms with Crippen molar-refractivity contribution in [3.05, 3.63) is 81.4 Å². The highest BCUT2D eigenvalue weighted by Gasteiger charge is 2.27. The fraction of sp³-hybridized carbons (Fsp3) is 0.222. The Balaban J connectivity index is 1.72. The van der Waals surface area contributed by atoms with Crippen LogP contribution in [-0.2, 0) is 13.0 Å². The molecule has 0 bridgehead atoms. The minimum Gasteiger partial charge on any atom is -0.311 e. The summed E-state index contributed by atoms with van der Waals surface area (Å²) in [7, 11) is 0. The molecule has 0 radical (unpaired) electrons. The number of pyridine rings is 1. The zero-order valence-corrected chi connectivity index (χ0v) is 13.3. The molecular weight excluding hydrogens is 326 g/mol. The number of rotatable bonds is 3. The van der Waals surface area contributed by atoms with Crippen molar-refractivity contribution in [1.29, 1.82) is 0 Å². The van der Waals surface area contributed by atoms with Crippen LogP contribution in [0.5, 0.6) is 0 Å². The summed E-state index contributed by atoms with van der Waals surface area (Å²) in [5.74, 6) is -0.881. The highest BCUT2D eigenvalue weighted by molar-refractivity contribution is 5.32. The van der Waals surface area contributed by atoms with Crippen LogP contribution >= 0.6 is 0 Å². The lowest BCUT2D eigenvalue weighted by atomic mass is 9.89. The van der Waals surface area contributed by atoms with Gasteiger partial charge in [-0.1, -0.05) is 6.07 Å². The topological polar surface area (TPSA) is 62.7 Å². The van der Waals surface area contributed by atoms with Crippen LogP contribution in [0.3, 0.4) is 0 Å². The molecule has 3 heterocycles. The van der Waals surface area contributed by atoms with E-state index in [9.17, 15) is 13.6 Å². The lowest BCUT2D eigenvalue weighted by molar-refractivity contribution is 0.527. The summed E-state index contributed by atoms with van der Waals surface area (Å²) in [6.45, 7) is 1.11. The van der Waals surface area contributed by atoms with E-state index in [2.05, 4.69) is 15.4 Å². The first kappa shape index (κ1) is 15.7. The van der Waals surface area contributed by atoms with Crippen LogP contribution in [0, 0.1) is 11.6 Å². The largest absolute Gasteiger partial charge is 0.311 e. The third-order valence-electron chi connectivity index (χ3n) is 4.39. The van der Waals surface area contributed by atoms with Gasteiger partial charge in [0.1, 0.15) is 11.6 Å². The molecule has 4 rings (SSSR count). The number of fused-ring (bicyclic) bond motifs is 1. The van der Waals surface area contributed by atoms with Gasteiger partial charge in [0.05, 0.1) is 5.69 Å². The smallest absolute Gasteiger partial charge is 0.276 e. The van der Waals surface area contributed by atoms with E-state index in [1.165, 1.54) is 16.8 Å². The van der Waals surface area contributed by atoms with Crippen LogP contribution in [0.4, 0.5) is 8.78 Å². The van der Waals surface area contributed by atoms with Crippen LogP contribution in [-0.4, -0.2) is 21.3 Å². The molecule has 3 aromatic rings. The Bertz CT molecular complexity index is 945. The lowest BCUT2D eigenvalue weighted by Crippen LogP contribution is -2.32. The van der Waals surface area contributed by atoms with Crippen molar-refractivity contribution in [2.45, 2.75) is 18.9 Å². The van der Waals surface area contributed by atoms with Crippen LogP contribution < -0.4 is 10.9 Å². The number of aromatic amines is 1. The average molecular weight is 342 g/mol. The minimum absolute atomic E-state index is 0.168. The molecule has 1 unspecified atom stereocenters. The Morgan fingerprint density at radius 3 is 2.72 bits per heavy atom. The third-order valence-corrected chi connectivity index (χ3v) is 4.39. The van der Waals surface area contributed by atoms with Gasteiger partial charge < -0.3 is 5.32 Å². The molecule has 5 nitrogen and oxygen atoms in total. The first-order valence-corrected chi connectivity index (χ1v) is 8.02. The Hall–Kier alpha value is -2.80. The quantitative estimate of drug-likeness (QED) is 0.768. The van der Waals surface area contributed by atoms with Gasteiger partial charge in [0, 0.05) is 36.8 Å². The zero-order chi connectivity index (χ0) is 17.4. The predicted octanol–water partition coefficient (Wildman–Crippen LogP) is 2.27. The molecule has 128 valence electrons. The monoisotopic (exact) mass is 342 g/mol. The van der Waals surface area contributed by atoms with E-state index in [1.54, 1.807) is 24.4 Å². The van der Waals surface area contributed by atoms with E-state index < -0.39 is 11.6 Å². The lowest BCUT2D eigenvalue weighted by Gasteiger charge is -2.22. The third kappa shape index (κ3) is 2.98. The van der Waals surface area contributed by atoms with Gasteiger partial charge in [-0.2, -0.15) is 0 Å². The van der Waals surface area contributed by atoms with E-state index in [4.69, 9.17) is 0 Å². The van der Waals surface area contributed by atoms with Crippen molar-refractivity contribution in [3.8, 4) is 5.82 Å². The van der Waals surface area contributed by atoms with Crippen molar-refractivity contribution < 1.29 is 8.78 Å². The maximum Gasteiger partial charge on any atom is 0.276 e. The summed E-state index contributed by atoms with van der Waals surface area (Å²) in [5.41, 5.74) is 1.79. The first-order chi connectivity index (χ1) is 12.1. The zero-order valence-electron chi connectivity index (χ0n) is 13.3. The first-order valence-electron chi connectivity index (χ1n) is 8.02. The van der Waals surface area contributed by atoms with Gasteiger partial charge in [0.2, 0.25) is 0 Å². The van der Waals surface area contributed by atoms with E-state index in [-0.39, 0.29) is 11.5 Å². The number of halogens is 2. The molecule has 1 aliphatic heterocycles. The predicted molar refractivity (Wildman–Crippen MR) is 88.7 cm³/mol. The standard InChI is InChI=1S/C18H16F2N4O/c19-13-6-11(7-14(20)8-13)5-12-9-21-10-15-17(12)18(25)24(23-15)16-3-1-2-4-22-16/h1-4,6-8,12,21,23H,5,9-10H2. The second-order valence-corrected chi connectivity index (χ2v) is 6.14. The second kappa shape index (κ2) is 6.25. The Kier molecular flexibility index (Phi) is 3.93. The molecule has 0 amide bonds. The van der Waals surface area contributed by atoms with Gasteiger partial charge in [-0.05, 0) is 36.2 Å². The van der Waals surface area contributed by atoms with E-state index in [0.29, 0.717) is 36.5 Å². The number of H-pyrrole nitrogens is 1. The highest BCUT2D eigenvalue weighted by Crippen LogP contribution is 2.25. The van der Waals surface area contributed by atoms with Crippen molar-refractivity contribution in [2.24, 2.45) is 0 Å². The molecule has 0 saturated carbocycles. The van der Waals surface area contributed by atoms with E-state index >= 15 is 0 Å². The molecule has 1 atom stereocenters. The van der Waals surface area contributed by atoms with Gasteiger partial charge >= 0.3 is 0 Å². The maximum absolute atomic E-state index is 13.4. The SMILES string of the molecule is O=c1c2c([nH]n1-c1ccccn1)CNCC2Cc1cc(F)cc(F)c1. The molecule has 1 aliphatic rings. The molecular formula is C18H16F2N4O. The van der Waals surface area contributed by atoms with Crippen molar-refractivity contribution in [1.82, 2.24) is 20.1 Å². The van der Waals surface area contributed by atoms with E-state index in [1.807, 2.05) is 0 Å². The second-order valence-electron chi connectivity index (χ2n) is 6.14. The summed E-state index contributed by atoms with van der Waals surface area (Å²) in [6, 6.07) is 8.79. The summed E-state index contributed by atoms with van der Waals surface area (Å²) < 4.78 is 28.3. The highest BCUT2D eigenvalue weighted by atomic mass is 19.1. The minimum atomic E-state index is -0.612. The molecule has 0 aliphatic carbocycles. The van der Waals surface area contributed by atoms with Crippen LogP contribution in [0.25, 0.3) is 5.82 Å². The number of aromatic nitrogens is 3. The van der Waals surface area contributed by atoms with Gasteiger partial charge in [0.25, 0.3) is 5.56 Å². The molecule has 0 spiro atoms. The number of nitrogens with zero attached hydrogens (tertiary/aromatic N) is 2. The normalized spacial score (nSPS) is 16.6. The van der Waals surface area contributed by atoms with Crippen molar-refractivity contribution in [3.63, 3.8) is 0 Å². The molecule has 2 aromatic heterocycles. The molecule has 0 saturated heterocycles. The van der Waals surface area contributed by atoms with Crippen LogP contribution in [0.2, 0.25) is 0 Å². The summed E-state index contributed by atoms with van der Waals surface area (Å²) in [4.78, 5) is 17.1. The Morgan fingerprint density at radius 2 is 2.00 bits per heavy atom. The average Bonchev–Trinajstić information content (AvgIpc) is 2.93. The maximum atomic E-state index is 13.4. The van der Waals surface area contributed by atoms with Gasteiger partial charge in [-0.3, -0.25) is 9.89 Å². The van der Waals surface area contributed by atoms with Gasteiger partial charge in [0.15, 0.2) is 5.82 Å². The number of benzene rings is 1. The summed E-state index contributed by atoms with van der Waals surface area (Å²) in [6.07, 6.45) is 2.00. The number of hydrogen-bond acceptors (Lipinski definition) is 3.